The van der Waals surface area contributed by atoms with Gasteiger partial charge in [-0.25, -0.2) is 0 Å². The summed E-state index contributed by atoms with van der Waals surface area (Å²) in [5.41, 5.74) is 1.52. The van der Waals surface area contributed by atoms with Crippen LogP contribution < -0.4 is 5.32 Å². The smallest absolute Gasteiger partial charge is 0.252 e. The van der Waals surface area contributed by atoms with Crippen LogP contribution >= 0.6 is 0 Å². The fourth-order valence-electron chi connectivity index (χ4n) is 3.27. The Morgan fingerprint density at radius 3 is 2.68 bits per heavy atom. The Kier molecular flexibility index (Phi) is 7.00. The minimum atomic E-state index is -0.521. The fourth-order valence-corrected chi connectivity index (χ4v) is 3.27. The first-order valence-corrected chi connectivity index (χ1v) is 9.21. The van der Waals surface area contributed by atoms with Gasteiger partial charge >= 0.3 is 0 Å². The van der Waals surface area contributed by atoms with Gasteiger partial charge < -0.3 is 15.0 Å². The number of carbonyl (C=O) groups excluding carboxylic acids is 2. The molecule has 138 valence electrons. The third kappa shape index (κ3) is 5.05. The summed E-state index contributed by atoms with van der Waals surface area (Å²) in [6, 6.07) is 6.91. The van der Waals surface area contributed by atoms with Crippen LogP contribution in [0.2, 0.25) is 0 Å². The Bertz CT molecular complexity index is 598. The molecule has 0 saturated carbocycles. The van der Waals surface area contributed by atoms with E-state index in [2.05, 4.69) is 5.32 Å². The highest BCUT2D eigenvalue weighted by Crippen LogP contribution is 2.17. The van der Waals surface area contributed by atoms with Crippen molar-refractivity contribution in [3.8, 4) is 0 Å². The largest absolute Gasteiger partial charge is 0.377 e. The Labute approximate surface area is 150 Å². The molecular weight excluding hydrogens is 316 g/mol. The van der Waals surface area contributed by atoms with Crippen LogP contribution in [-0.4, -0.2) is 48.6 Å². The topological polar surface area (TPSA) is 58.6 Å². The van der Waals surface area contributed by atoms with Crippen molar-refractivity contribution < 1.29 is 14.3 Å². The molecule has 0 aliphatic carbocycles. The van der Waals surface area contributed by atoms with Crippen molar-refractivity contribution in [1.29, 1.82) is 0 Å². The highest BCUT2D eigenvalue weighted by atomic mass is 16.5. The molecular formula is C20H30N2O3. The van der Waals surface area contributed by atoms with Crippen molar-refractivity contribution in [3.05, 3.63) is 35.4 Å². The summed E-state index contributed by atoms with van der Waals surface area (Å²) in [5, 5.41) is 2.95. The average molecular weight is 346 g/mol. The summed E-state index contributed by atoms with van der Waals surface area (Å²) < 4.78 is 5.69. The third-order valence-electron chi connectivity index (χ3n) is 4.70. The third-order valence-corrected chi connectivity index (χ3v) is 4.70. The normalized spacial score (nSPS) is 18.9. The first kappa shape index (κ1) is 19.4. The summed E-state index contributed by atoms with van der Waals surface area (Å²) in [6.45, 7) is 9.79. The van der Waals surface area contributed by atoms with Gasteiger partial charge in [0.15, 0.2) is 0 Å². The number of nitrogens with zero attached hydrogens (tertiary/aromatic N) is 1. The van der Waals surface area contributed by atoms with E-state index in [9.17, 15) is 9.59 Å². The van der Waals surface area contributed by atoms with Crippen molar-refractivity contribution >= 4 is 11.8 Å². The second-order valence-corrected chi connectivity index (χ2v) is 7.01. The molecule has 2 rings (SSSR count). The molecule has 0 bridgehead atoms. The van der Waals surface area contributed by atoms with Gasteiger partial charge in [0.1, 0.15) is 6.04 Å². The number of carbonyl (C=O) groups is 2. The Morgan fingerprint density at radius 2 is 2.04 bits per heavy atom. The van der Waals surface area contributed by atoms with Gasteiger partial charge in [0.05, 0.1) is 6.10 Å². The predicted octanol–water partition coefficient (Wildman–Crippen LogP) is 2.78. The highest BCUT2D eigenvalue weighted by molar-refractivity contribution is 5.98. The van der Waals surface area contributed by atoms with Crippen LogP contribution in [0.3, 0.4) is 0 Å². The first-order chi connectivity index (χ1) is 11.9. The van der Waals surface area contributed by atoms with Crippen molar-refractivity contribution in [2.45, 2.75) is 52.7 Å². The maximum Gasteiger partial charge on any atom is 0.252 e. The SMILES string of the molecule is CCOC1CCCN(C(=O)C(NC(=O)c2ccccc2C)C(C)C)C1. The van der Waals surface area contributed by atoms with Crippen molar-refractivity contribution in [2.24, 2.45) is 5.92 Å². The summed E-state index contributed by atoms with van der Waals surface area (Å²) in [4.78, 5) is 27.5. The van der Waals surface area contributed by atoms with E-state index in [0.29, 0.717) is 18.7 Å². The molecule has 2 unspecified atom stereocenters. The maximum absolute atomic E-state index is 13.0. The van der Waals surface area contributed by atoms with Crippen LogP contribution in [0.1, 0.15) is 49.5 Å². The number of nitrogens with one attached hydrogen (secondary N) is 1. The highest BCUT2D eigenvalue weighted by Gasteiger charge is 2.32. The average Bonchev–Trinajstić information content (AvgIpc) is 2.59. The fraction of sp³-hybridized carbons (Fsp3) is 0.600. The van der Waals surface area contributed by atoms with Gasteiger partial charge in [0, 0.05) is 25.3 Å². The van der Waals surface area contributed by atoms with E-state index in [4.69, 9.17) is 4.74 Å². The quantitative estimate of drug-likeness (QED) is 0.862. The standard InChI is InChI=1S/C20H30N2O3/c1-5-25-16-10-8-12-22(13-16)20(24)18(14(2)3)21-19(23)17-11-7-6-9-15(17)4/h6-7,9,11,14,16,18H,5,8,10,12-13H2,1-4H3,(H,21,23). The number of piperidine rings is 1. The molecule has 2 amide bonds. The first-order valence-electron chi connectivity index (χ1n) is 9.21. The van der Waals surface area contributed by atoms with Gasteiger partial charge in [-0.3, -0.25) is 9.59 Å². The lowest BCUT2D eigenvalue weighted by molar-refractivity contribution is -0.138. The number of likely N-dealkylation sites (tertiary alicyclic amines) is 1. The number of aryl methyl sites for hydroxylation is 1. The van der Waals surface area contributed by atoms with Gasteiger partial charge in [-0.15, -0.1) is 0 Å². The van der Waals surface area contributed by atoms with Crippen LogP contribution in [0.15, 0.2) is 24.3 Å². The van der Waals surface area contributed by atoms with E-state index in [0.717, 1.165) is 24.9 Å². The van der Waals surface area contributed by atoms with E-state index in [-0.39, 0.29) is 23.8 Å². The predicted molar refractivity (Wildman–Crippen MR) is 98.5 cm³/mol. The Balaban J connectivity index is 2.08. The lowest BCUT2D eigenvalue weighted by atomic mass is 9.99. The number of benzene rings is 1. The van der Waals surface area contributed by atoms with Crippen LogP contribution in [-0.2, 0) is 9.53 Å². The number of hydrogen-bond donors (Lipinski definition) is 1. The van der Waals surface area contributed by atoms with Crippen LogP contribution in [0.4, 0.5) is 0 Å². The molecule has 1 fully saturated rings. The molecule has 25 heavy (non-hydrogen) atoms. The lowest BCUT2D eigenvalue weighted by Crippen LogP contribution is -2.54. The van der Waals surface area contributed by atoms with E-state index in [1.165, 1.54) is 0 Å². The number of hydrogen-bond acceptors (Lipinski definition) is 3. The van der Waals surface area contributed by atoms with E-state index in [1.54, 1.807) is 6.07 Å². The van der Waals surface area contributed by atoms with Crippen LogP contribution in [0.5, 0.6) is 0 Å². The zero-order valence-corrected chi connectivity index (χ0v) is 15.7. The van der Waals surface area contributed by atoms with Gasteiger partial charge in [-0.2, -0.15) is 0 Å². The maximum atomic E-state index is 13.0. The van der Waals surface area contributed by atoms with Crippen LogP contribution in [0.25, 0.3) is 0 Å². The zero-order chi connectivity index (χ0) is 18.4. The number of ether oxygens (including phenoxy) is 1. The van der Waals surface area contributed by atoms with Gasteiger partial charge in [-0.1, -0.05) is 32.0 Å². The molecule has 5 heteroatoms. The zero-order valence-electron chi connectivity index (χ0n) is 15.7. The minimum absolute atomic E-state index is 0.0127. The van der Waals surface area contributed by atoms with Crippen LogP contribution in [0, 0.1) is 12.8 Å². The van der Waals surface area contributed by atoms with Crippen molar-refractivity contribution in [1.82, 2.24) is 10.2 Å². The van der Waals surface area contributed by atoms with E-state index in [1.807, 2.05) is 50.8 Å². The monoisotopic (exact) mass is 346 g/mol. The summed E-state index contributed by atoms with van der Waals surface area (Å²) in [6.07, 6.45) is 2.02. The Hall–Kier alpha value is -1.88. The summed E-state index contributed by atoms with van der Waals surface area (Å²) in [7, 11) is 0. The molecule has 2 atom stereocenters. The molecule has 1 aromatic rings. The van der Waals surface area contributed by atoms with E-state index < -0.39 is 6.04 Å². The number of rotatable bonds is 6. The molecule has 1 saturated heterocycles. The number of amides is 2. The van der Waals surface area contributed by atoms with Gasteiger partial charge in [-0.05, 0) is 44.2 Å². The second-order valence-electron chi connectivity index (χ2n) is 7.01. The van der Waals surface area contributed by atoms with Gasteiger partial charge in [0.25, 0.3) is 5.91 Å². The van der Waals surface area contributed by atoms with Gasteiger partial charge in [0.2, 0.25) is 5.91 Å². The molecule has 0 aromatic heterocycles. The molecule has 5 nitrogen and oxygen atoms in total. The molecule has 0 spiro atoms. The Morgan fingerprint density at radius 1 is 1.32 bits per heavy atom. The molecule has 1 heterocycles. The molecule has 0 radical (unpaired) electrons. The molecule has 1 aliphatic heterocycles. The summed E-state index contributed by atoms with van der Waals surface area (Å²) in [5.74, 6) is -0.183. The molecule has 1 aliphatic rings. The lowest BCUT2D eigenvalue weighted by Gasteiger charge is -2.36. The summed E-state index contributed by atoms with van der Waals surface area (Å²) >= 11 is 0. The van der Waals surface area contributed by atoms with E-state index >= 15 is 0 Å². The van der Waals surface area contributed by atoms with Crippen molar-refractivity contribution in [3.63, 3.8) is 0 Å². The minimum Gasteiger partial charge on any atom is -0.377 e. The molecule has 1 aromatic carbocycles. The second kappa shape index (κ2) is 8.99. The molecule has 1 N–H and O–H groups in total. The van der Waals surface area contributed by atoms with Crippen molar-refractivity contribution in [2.75, 3.05) is 19.7 Å².